The average Bonchev–Trinajstić information content (AvgIpc) is 2.70. The van der Waals surface area contributed by atoms with Gasteiger partial charge in [-0.3, -0.25) is 14.5 Å². The lowest BCUT2D eigenvalue weighted by atomic mass is 10.0. The normalized spacial score (nSPS) is 19.1. The van der Waals surface area contributed by atoms with E-state index in [2.05, 4.69) is 68.5 Å². The monoisotopic (exact) mass is 455 g/mol. The molecule has 1 aliphatic heterocycles. The van der Waals surface area contributed by atoms with Gasteiger partial charge in [-0.25, -0.2) is 0 Å². The fraction of sp³-hybridized carbons (Fsp3) is 0.826. The van der Waals surface area contributed by atoms with Crippen LogP contribution in [0.5, 0.6) is 0 Å². The first kappa shape index (κ1) is 27.8. The molecule has 0 bridgehead atoms. The number of carbonyl (C=O) groups excluding carboxylic acids is 2. The second kappa shape index (κ2) is 12.7. The Kier molecular flexibility index (Phi) is 11.4. The molecule has 0 aromatic heterocycles. The number of ether oxygens (including phenoxy) is 1. The number of amides is 2. The SMILES string of the molecule is CC[C@H](NC(=O)C[C@H](O[Si](C)(C)C(C)(C)C)[C@H](C)/C=C/CN1CCOCC1)C(=O)NC. The molecule has 1 heterocycles. The third-order valence-corrected chi connectivity index (χ3v) is 10.9. The van der Waals surface area contributed by atoms with Crippen LogP contribution in [0.4, 0.5) is 0 Å². The van der Waals surface area contributed by atoms with Gasteiger partial charge < -0.3 is 19.8 Å². The second-order valence-electron chi connectivity index (χ2n) is 9.96. The summed E-state index contributed by atoms with van der Waals surface area (Å²) in [4.78, 5) is 27.1. The zero-order chi connectivity index (χ0) is 23.7. The van der Waals surface area contributed by atoms with Crippen LogP contribution < -0.4 is 10.6 Å². The summed E-state index contributed by atoms with van der Waals surface area (Å²) in [5.41, 5.74) is 0. The van der Waals surface area contributed by atoms with Crippen LogP contribution in [0.15, 0.2) is 12.2 Å². The van der Waals surface area contributed by atoms with Crippen LogP contribution in [0.1, 0.15) is 47.5 Å². The Bertz CT molecular complexity index is 598. The van der Waals surface area contributed by atoms with Gasteiger partial charge in [0, 0.05) is 26.7 Å². The van der Waals surface area contributed by atoms with E-state index in [0.29, 0.717) is 6.42 Å². The van der Waals surface area contributed by atoms with Gasteiger partial charge in [0.1, 0.15) is 6.04 Å². The molecule has 7 nitrogen and oxygen atoms in total. The van der Waals surface area contributed by atoms with Gasteiger partial charge >= 0.3 is 0 Å². The Morgan fingerprint density at radius 2 is 1.84 bits per heavy atom. The van der Waals surface area contributed by atoms with Crippen LogP contribution in [-0.4, -0.2) is 77.1 Å². The van der Waals surface area contributed by atoms with E-state index in [-0.39, 0.29) is 35.3 Å². The van der Waals surface area contributed by atoms with E-state index < -0.39 is 14.4 Å². The highest BCUT2D eigenvalue weighted by Gasteiger charge is 2.40. The predicted molar refractivity (Wildman–Crippen MR) is 129 cm³/mol. The van der Waals surface area contributed by atoms with Gasteiger partial charge in [-0.05, 0) is 30.5 Å². The Hall–Kier alpha value is -1.22. The minimum absolute atomic E-state index is 0.0486. The van der Waals surface area contributed by atoms with Gasteiger partial charge in [-0.2, -0.15) is 0 Å². The molecule has 0 unspecified atom stereocenters. The van der Waals surface area contributed by atoms with E-state index in [1.807, 2.05) is 6.92 Å². The number of morpholine rings is 1. The quantitative estimate of drug-likeness (QED) is 0.370. The summed E-state index contributed by atoms with van der Waals surface area (Å²) in [7, 11) is -0.481. The van der Waals surface area contributed by atoms with Gasteiger partial charge in [0.25, 0.3) is 0 Å². The van der Waals surface area contributed by atoms with Crippen LogP contribution in [0.25, 0.3) is 0 Å². The smallest absolute Gasteiger partial charge is 0.242 e. The van der Waals surface area contributed by atoms with Gasteiger partial charge in [0.05, 0.1) is 25.7 Å². The lowest BCUT2D eigenvalue weighted by Gasteiger charge is -2.40. The van der Waals surface area contributed by atoms with E-state index in [0.717, 1.165) is 32.8 Å². The molecular weight excluding hydrogens is 410 g/mol. The molecule has 0 radical (unpaired) electrons. The zero-order valence-electron chi connectivity index (χ0n) is 20.9. The molecule has 0 aromatic carbocycles. The highest BCUT2D eigenvalue weighted by atomic mass is 28.4. The number of hydrogen-bond acceptors (Lipinski definition) is 5. The number of hydrogen-bond donors (Lipinski definition) is 2. The lowest BCUT2D eigenvalue weighted by molar-refractivity contribution is -0.130. The van der Waals surface area contributed by atoms with Crippen molar-refractivity contribution in [1.29, 1.82) is 0 Å². The maximum atomic E-state index is 12.8. The summed E-state index contributed by atoms with van der Waals surface area (Å²) in [6.45, 7) is 19.4. The fourth-order valence-electron chi connectivity index (χ4n) is 3.19. The highest BCUT2D eigenvalue weighted by Crippen LogP contribution is 2.38. The molecule has 0 aromatic rings. The molecule has 0 aliphatic carbocycles. The Labute approximate surface area is 190 Å². The van der Waals surface area contributed by atoms with Crippen molar-refractivity contribution < 1.29 is 18.8 Å². The van der Waals surface area contributed by atoms with Crippen LogP contribution in [0.3, 0.4) is 0 Å². The Balaban J connectivity index is 2.86. The van der Waals surface area contributed by atoms with Gasteiger partial charge in [-0.15, -0.1) is 0 Å². The predicted octanol–water partition coefficient (Wildman–Crippen LogP) is 2.93. The van der Waals surface area contributed by atoms with Crippen molar-refractivity contribution in [2.45, 2.75) is 77.7 Å². The van der Waals surface area contributed by atoms with Gasteiger partial charge in [0.2, 0.25) is 11.8 Å². The van der Waals surface area contributed by atoms with Crippen molar-refractivity contribution in [2.24, 2.45) is 5.92 Å². The van der Waals surface area contributed by atoms with Crippen molar-refractivity contribution >= 4 is 20.1 Å². The van der Waals surface area contributed by atoms with E-state index in [4.69, 9.17) is 9.16 Å². The molecule has 0 saturated carbocycles. The largest absolute Gasteiger partial charge is 0.413 e. The van der Waals surface area contributed by atoms with Crippen LogP contribution >= 0.6 is 0 Å². The fourth-order valence-corrected chi connectivity index (χ4v) is 4.59. The third-order valence-electron chi connectivity index (χ3n) is 6.44. The summed E-state index contributed by atoms with van der Waals surface area (Å²) in [5.74, 6) is -0.232. The minimum Gasteiger partial charge on any atom is -0.413 e. The van der Waals surface area contributed by atoms with Crippen LogP contribution in [-0.2, 0) is 18.8 Å². The van der Waals surface area contributed by atoms with E-state index in [1.54, 1.807) is 7.05 Å². The molecule has 31 heavy (non-hydrogen) atoms. The molecule has 3 atom stereocenters. The summed E-state index contributed by atoms with van der Waals surface area (Å²) in [6, 6.07) is -0.516. The van der Waals surface area contributed by atoms with Crippen molar-refractivity contribution in [1.82, 2.24) is 15.5 Å². The molecule has 2 N–H and O–H groups in total. The molecule has 1 fully saturated rings. The molecule has 0 spiro atoms. The van der Waals surface area contributed by atoms with Crippen molar-refractivity contribution in [3.8, 4) is 0 Å². The number of nitrogens with one attached hydrogen (secondary N) is 2. The van der Waals surface area contributed by atoms with Crippen LogP contribution in [0.2, 0.25) is 18.1 Å². The lowest BCUT2D eigenvalue weighted by Crippen LogP contribution is -2.49. The molecule has 8 heteroatoms. The number of likely N-dealkylation sites (N-methyl/N-ethyl adjacent to an activating group) is 1. The summed E-state index contributed by atoms with van der Waals surface area (Å²) >= 11 is 0. The summed E-state index contributed by atoms with van der Waals surface area (Å²) in [6.07, 6.45) is 4.90. The molecule has 1 rings (SSSR count). The zero-order valence-corrected chi connectivity index (χ0v) is 21.9. The van der Waals surface area contributed by atoms with E-state index in [9.17, 15) is 9.59 Å². The number of nitrogens with zero attached hydrogens (tertiary/aromatic N) is 1. The van der Waals surface area contributed by atoms with Crippen LogP contribution in [0, 0.1) is 5.92 Å². The topological polar surface area (TPSA) is 79.9 Å². The Morgan fingerprint density at radius 1 is 1.23 bits per heavy atom. The molecule has 1 saturated heterocycles. The molecule has 1 aliphatic rings. The second-order valence-corrected chi connectivity index (χ2v) is 14.7. The first-order chi connectivity index (χ1) is 14.4. The maximum Gasteiger partial charge on any atom is 0.242 e. The van der Waals surface area contributed by atoms with E-state index in [1.165, 1.54) is 0 Å². The highest BCUT2D eigenvalue weighted by molar-refractivity contribution is 6.74. The van der Waals surface area contributed by atoms with E-state index >= 15 is 0 Å². The molecule has 180 valence electrons. The van der Waals surface area contributed by atoms with Crippen molar-refractivity contribution in [2.75, 3.05) is 39.9 Å². The molecule has 2 amide bonds. The first-order valence-corrected chi connectivity index (χ1v) is 14.5. The Morgan fingerprint density at radius 3 is 2.35 bits per heavy atom. The number of carbonyl (C=O) groups is 2. The average molecular weight is 456 g/mol. The number of rotatable bonds is 11. The minimum atomic E-state index is -2.07. The molecular formula is C23H45N3O4Si. The standard InChI is InChI=1S/C23H45N3O4Si/c1-9-19(22(28)24-6)25-21(27)17-20(30-31(7,8)23(3,4)5)18(2)11-10-12-26-13-15-29-16-14-26/h10-11,18-20H,9,12-17H2,1-8H3,(H,24,28)(H,25,27)/b11-10+/t18-,19+,20+/m1/s1. The third kappa shape index (κ3) is 9.43. The maximum absolute atomic E-state index is 12.8. The first-order valence-electron chi connectivity index (χ1n) is 11.6. The summed E-state index contributed by atoms with van der Waals surface area (Å²) in [5, 5.41) is 5.53. The van der Waals surface area contributed by atoms with Gasteiger partial charge in [-0.1, -0.05) is 46.8 Å². The summed E-state index contributed by atoms with van der Waals surface area (Å²) < 4.78 is 12.1. The van der Waals surface area contributed by atoms with Gasteiger partial charge in [0.15, 0.2) is 8.32 Å². The van der Waals surface area contributed by atoms with Crippen molar-refractivity contribution in [3.05, 3.63) is 12.2 Å². The van der Waals surface area contributed by atoms with Crippen molar-refractivity contribution in [3.63, 3.8) is 0 Å².